The molecule has 2 aromatic rings. The molecule has 2 rings (SSSR count). The minimum atomic E-state index is 0.510. The predicted octanol–water partition coefficient (Wildman–Crippen LogP) is 4.44. The van der Waals surface area contributed by atoms with E-state index in [1.54, 1.807) is 6.26 Å². The SMILES string of the molecule is CCCNC(CCc1ccco1)Cc1cc(C)cc(C)c1. The molecule has 2 heteroatoms. The number of hydrogen-bond donors (Lipinski definition) is 1. The standard InChI is InChI=1S/C19H27NO/c1-4-9-20-18(7-8-19-6-5-10-21-19)14-17-12-15(2)11-16(3)13-17/h5-6,10-13,18,20H,4,7-9,14H2,1-3H3. The second-order valence-electron chi connectivity index (χ2n) is 5.97. The lowest BCUT2D eigenvalue weighted by Crippen LogP contribution is -2.32. The molecule has 0 saturated heterocycles. The van der Waals surface area contributed by atoms with Gasteiger partial charge in [-0.05, 0) is 57.4 Å². The molecule has 0 amide bonds. The van der Waals surface area contributed by atoms with Gasteiger partial charge in [-0.1, -0.05) is 36.2 Å². The average Bonchev–Trinajstić information content (AvgIpc) is 2.94. The lowest BCUT2D eigenvalue weighted by Gasteiger charge is -2.19. The summed E-state index contributed by atoms with van der Waals surface area (Å²) in [5, 5.41) is 3.68. The normalized spacial score (nSPS) is 12.5. The van der Waals surface area contributed by atoms with E-state index in [0.717, 1.165) is 31.6 Å². The monoisotopic (exact) mass is 285 g/mol. The van der Waals surface area contributed by atoms with E-state index < -0.39 is 0 Å². The smallest absolute Gasteiger partial charge is 0.103 e. The van der Waals surface area contributed by atoms with Crippen LogP contribution in [0.15, 0.2) is 41.0 Å². The van der Waals surface area contributed by atoms with Crippen LogP contribution in [0.3, 0.4) is 0 Å². The number of furan rings is 1. The molecule has 0 aliphatic carbocycles. The molecule has 1 aromatic heterocycles. The molecule has 0 aliphatic rings. The molecule has 0 spiro atoms. The third kappa shape index (κ3) is 5.39. The molecule has 0 aliphatic heterocycles. The highest BCUT2D eigenvalue weighted by molar-refractivity contribution is 5.29. The van der Waals surface area contributed by atoms with Gasteiger partial charge in [-0.15, -0.1) is 0 Å². The summed E-state index contributed by atoms with van der Waals surface area (Å²) in [4.78, 5) is 0. The highest BCUT2D eigenvalue weighted by Crippen LogP contribution is 2.14. The zero-order valence-corrected chi connectivity index (χ0v) is 13.5. The Kier molecular flexibility index (Phi) is 6.06. The first-order valence-corrected chi connectivity index (χ1v) is 8.00. The zero-order valence-electron chi connectivity index (χ0n) is 13.5. The van der Waals surface area contributed by atoms with Crippen LogP contribution in [0, 0.1) is 13.8 Å². The van der Waals surface area contributed by atoms with Gasteiger partial charge in [0.25, 0.3) is 0 Å². The van der Waals surface area contributed by atoms with Crippen molar-refractivity contribution in [1.29, 1.82) is 0 Å². The molecule has 0 bridgehead atoms. The summed E-state index contributed by atoms with van der Waals surface area (Å²) in [5.74, 6) is 1.08. The van der Waals surface area contributed by atoms with Crippen LogP contribution in [-0.2, 0) is 12.8 Å². The Balaban J connectivity index is 1.97. The molecule has 21 heavy (non-hydrogen) atoms. The molecule has 0 saturated carbocycles. The van der Waals surface area contributed by atoms with Gasteiger partial charge in [-0.3, -0.25) is 0 Å². The molecule has 114 valence electrons. The van der Waals surface area contributed by atoms with Gasteiger partial charge < -0.3 is 9.73 Å². The van der Waals surface area contributed by atoms with Crippen molar-refractivity contribution in [1.82, 2.24) is 5.32 Å². The maximum atomic E-state index is 5.45. The fourth-order valence-electron chi connectivity index (χ4n) is 2.87. The summed E-state index contributed by atoms with van der Waals surface area (Å²) in [6.07, 6.45) is 6.13. The fourth-order valence-corrected chi connectivity index (χ4v) is 2.87. The van der Waals surface area contributed by atoms with Crippen molar-refractivity contribution in [2.45, 2.75) is 52.5 Å². The van der Waals surface area contributed by atoms with Gasteiger partial charge in [-0.2, -0.15) is 0 Å². The second kappa shape index (κ2) is 8.04. The van der Waals surface area contributed by atoms with Crippen LogP contribution in [0.5, 0.6) is 0 Å². The minimum Gasteiger partial charge on any atom is -0.469 e. The first kappa shape index (κ1) is 15.8. The van der Waals surface area contributed by atoms with Gasteiger partial charge in [0.1, 0.15) is 5.76 Å². The van der Waals surface area contributed by atoms with Crippen LogP contribution in [0.4, 0.5) is 0 Å². The van der Waals surface area contributed by atoms with E-state index in [2.05, 4.69) is 50.4 Å². The van der Waals surface area contributed by atoms with Gasteiger partial charge in [-0.25, -0.2) is 0 Å². The topological polar surface area (TPSA) is 25.2 Å². The van der Waals surface area contributed by atoms with Crippen molar-refractivity contribution in [3.05, 3.63) is 59.0 Å². The summed E-state index contributed by atoms with van der Waals surface area (Å²) in [5.41, 5.74) is 4.14. The molecule has 1 N–H and O–H groups in total. The lowest BCUT2D eigenvalue weighted by molar-refractivity contribution is 0.441. The summed E-state index contributed by atoms with van der Waals surface area (Å²) in [6, 6.07) is 11.4. The van der Waals surface area contributed by atoms with E-state index in [4.69, 9.17) is 4.42 Å². The van der Waals surface area contributed by atoms with Gasteiger partial charge >= 0.3 is 0 Å². The van der Waals surface area contributed by atoms with E-state index in [9.17, 15) is 0 Å². The summed E-state index contributed by atoms with van der Waals surface area (Å²) in [6.45, 7) is 7.64. The lowest BCUT2D eigenvalue weighted by atomic mass is 9.98. The third-order valence-electron chi connectivity index (χ3n) is 3.77. The predicted molar refractivity (Wildman–Crippen MR) is 88.7 cm³/mol. The molecule has 1 aromatic carbocycles. The summed E-state index contributed by atoms with van der Waals surface area (Å²) < 4.78 is 5.45. The first-order valence-electron chi connectivity index (χ1n) is 8.00. The molecule has 1 heterocycles. The van der Waals surface area contributed by atoms with Crippen molar-refractivity contribution < 1.29 is 4.42 Å². The Morgan fingerprint density at radius 2 is 1.90 bits per heavy atom. The van der Waals surface area contributed by atoms with Crippen LogP contribution in [0.25, 0.3) is 0 Å². The van der Waals surface area contributed by atoms with E-state index in [-0.39, 0.29) is 0 Å². The van der Waals surface area contributed by atoms with Crippen LogP contribution in [0.1, 0.15) is 42.2 Å². The van der Waals surface area contributed by atoms with E-state index >= 15 is 0 Å². The molecule has 2 nitrogen and oxygen atoms in total. The quantitative estimate of drug-likeness (QED) is 0.775. The van der Waals surface area contributed by atoms with E-state index in [0.29, 0.717) is 6.04 Å². The number of hydrogen-bond acceptors (Lipinski definition) is 2. The van der Waals surface area contributed by atoms with E-state index in [1.807, 2.05) is 6.07 Å². The Morgan fingerprint density at radius 1 is 1.14 bits per heavy atom. The number of rotatable bonds is 8. The summed E-state index contributed by atoms with van der Waals surface area (Å²) >= 11 is 0. The molecule has 1 atom stereocenters. The van der Waals surface area contributed by atoms with Crippen LogP contribution < -0.4 is 5.32 Å². The molecule has 1 unspecified atom stereocenters. The highest BCUT2D eigenvalue weighted by atomic mass is 16.3. The van der Waals surface area contributed by atoms with Crippen LogP contribution >= 0.6 is 0 Å². The molecular formula is C19H27NO. The van der Waals surface area contributed by atoms with E-state index in [1.165, 1.54) is 23.1 Å². The van der Waals surface area contributed by atoms with Crippen molar-refractivity contribution in [3.8, 4) is 0 Å². The molecule has 0 radical (unpaired) electrons. The fraction of sp³-hybridized carbons (Fsp3) is 0.474. The minimum absolute atomic E-state index is 0.510. The number of nitrogens with one attached hydrogen (secondary N) is 1. The van der Waals surface area contributed by atoms with Crippen molar-refractivity contribution in [3.63, 3.8) is 0 Å². The number of benzene rings is 1. The van der Waals surface area contributed by atoms with Gasteiger partial charge in [0, 0.05) is 12.5 Å². The van der Waals surface area contributed by atoms with Crippen molar-refractivity contribution >= 4 is 0 Å². The summed E-state index contributed by atoms with van der Waals surface area (Å²) in [7, 11) is 0. The Bertz CT molecular complexity index is 510. The Morgan fingerprint density at radius 3 is 2.52 bits per heavy atom. The van der Waals surface area contributed by atoms with Gasteiger partial charge in [0.05, 0.1) is 6.26 Å². The van der Waals surface area contributed by atoms with Crippen LogP contribution in [0.2, 0.25) is 0 Å². The van der Waals surface area contributed by atoms with Crippen molar-refractivity contribution in [2.24, 2.45) is 0 Å². The van der Waals surface area contributed by atoms with Crippen LogP contribution in [-0.4, -0.2) is 12.6 Å². The number of aryl methyl sites for hydroxylation is 3. The highest BCUT2D eigenvalue weighted by Gasteiger charge is 2.10. The van der Waals surface area contributed by atoms with Crippen molar-refractivity contribution in [2.75, 3.05) is 6.54 Å². The Hall–Kier alpha value is -1.54. The van der Waals surface area contributed by atoms with Gasteiger partial charge in [0.15, 0.2) is 0 Å². The molecule has 0 fully saturated rings. The molecular weight excluding hydrogens is 258 g/mol. The van der Waals surface area contributed by atoms with Gasteiger partial charge in [0.2, 0.25) is 0 Å². The Labute approximate surface area is 128 Å². The third-order valence-corrected chi connectivity index (χ3v) is 3.77. The average molecular weight is 285 g/mol. The largest absolute Gasteiger partial charge is 0.469 e. The second-order valence-corrected chi connectivity index (χ2v) is 5.97. The maximum Gasteiger partial charge on any atom is 0.103 e. The first-order chi connectivity index (χ1) is 10.2. The maximum absolute atomic E-state index is 5.45. The zero-order chi connectivity index (χ0) is 15.1.